The van der Waals surface area contributed by atoms with Gasteiger partial charge in [0.05, 0.1) is 0 Å². The summed E-state index contributed by atoms with van der Waals surface area (Å²) in [6.45, 7) is 4.16. The van der Waals surface area contributed by atoms with Crippen LogP contribution in [0, 0.1) is 5.92 Å². The van der Waals surface area contributed by atoms with Crippen molar-refractivity contribution in [3.63, 3.8) is 0 Å². The molecule has 192 valence electrons. The standard InChI is InChI=1S/C29H35Cl2N3O2/c1-32-13-15-33(16-14-32)28(35)21-9-7-20(8-10-21)23-18-26(30)25(27(31)19-23)17-22-11-12-34(29(22)36)24-5-3-2-4-6-24/h7-10,18-19,22,24H,2-6,11-17H2,1H3. The van der Waals surface area contributed by atoms with Crippen LogP contribution in [0.2, 0.25) is 10.0 Å². The molecule has 2 saturated heterocycles. The Morgan fingerprint density at radius 3 is 2.14 bits per heavy atom. The van der Waals surface area contributed by atoms with Gasteiger partial charge in [0, 0.05) is 60.3 Å². The Morgan fingerprint density at radius 2 is 1.50 bits per heavy atom. The molecule has 2 aliphatic heterocycles. The van der Waals surface area contributed by atoms with Crippen LogP contribution in [0.15, 0.2) is 36.4 Å². The van der Waals surface area contributed by atoms with Crippen LogP contribution in [0.5, 0.6) is 0 Å². The second kappa shape index (κ2) is 11.1. The van der Waals surface area contributed by atoms with Gasteiger partial charge in [0.15, 0.2) is 0 Å². The van der Waals surface area contributed by atoms with E-state index >= 15 is 0 Å². The maximum absolute atomic E-state index is 13.1. The summed E-state index contributed by atoms with van der Waals surface area (Å²) < 4.78 is 0. The van der Waals surface area contributed by atoms with Crippen LogP contribution in [0.3, 0.4) is 0 Å². The van der Waals surface area contributed by atoms with Crippen molar-refractivity contribution in [3.8, 4) is 11.1 Å². The van der Waals surface area contributed by atoms with Gasteiger partial charge in [-0.25, -0.2) is 0 Å². The monoisotopic (exact) mass is 527 g/mol. The number of likely N-dealkylation sites (N-methyl/N-ethyl adjacent to an activating group) is 1. The van der Waals surface area contributed by atoms with Gasteiger partial charge in [-0.1, -0.05) is 54.6 Å². The normalized spacial score (nSPS) is 21.9. The molecule has 3 aliphatic rings. The van der Waals surface area contributed by atoms with Gasteiger partial charge in [0.1, 0.15) is 0 Å². The molecular formula is C29H35Cl2N3O2. The molecule has 2 aromatic rings. The van der Waals surface area contributed by atoms with Crippen molar-refractivity contribution >= 4 is 35.0 Å². The van der Waals surface area contributed by atoms with E-state index in [4.69, 9.17) is 23.2 Å². The molecule has 0 bridgehead atoms. The minimum atomic E-state index is -0.0485. The predicted octanol–water partition coefficient (Wildman–Crippen LogP) is 5.77. The van der Waals surface area contributed by atoms with E-state index in [9.17, 15) is 9.59 Å². The molecule has 7 heteroatoms. The lowest BCUT2D eigenvalue weighted by Gasteiger charge is -2.32. The van der Waals surface area contributed by atoms with Gasteiger partial charge in [-0.2, -0.15) is 0 Å². The van der Waals surface area contributed by atoms with Gasteiger partial charge in [0.25, 0.3) is 5.91 Å². The Hall–Kier alpha value is -2.08. The molecule has 0 aromatic heterocycles. The van der Waals surface area contributed by atoms with Crippen LogP contribution in [-0.2, 0) is 11.2 Å². The first-order chi connectivity index (χ1) is 17.4. The molecule has 1 unspecified atom stereocenters. The topological polar surface area (TPSA) is 43.9 Å². The van der Waals surface area contributed by atoms with E-state index in [1.54, 1.807) is 0 Å². The minimum Gasteiger partial charge on any atom is -0.339 e. The molecule has 1 aliphatic carbocycles. The summed E-state index contributed by atoms with van der Waals surface area (Å²) in [4.78, 5) is 32.3. The maximum Gasteiger partial charge on any atom is 0.253 e. The molecule has 2 aromatic carbocycles. The van der Waals surface area contributed by atoms with E-state index in [1.807, 2.05) is 41.3 Å². The third-order valence-corrected chi connectivity index (χ3v) is 8.89. The molecule has 2 amide bonds. The number of carbonyl (C=O) groups is 2. The van der Waals surface area contributed by atoms with E-state index in [2.05, 4.69) is 16.8 Å². The van der Waals surface area contributed by atoms with Crippen LogP contribution in [-0.4, -0.2) is 72.3 Å². The highest BCUT2D eigenvalue weighted by atomic mass is 35.5. The summed E-state index contributed by atoms with van der Waals surface area (Å²) in [6.07, 6.45) is 7.45. The average Bonchev–Trinajstić information content (AvgIpc) is 3.26. The summed E-state index contributed by atoms with van der Waals surface area (Å²) >= 11 is 13.4. The summed E-state index contributed by atoms with van der Waals surface area (Å²) in [5, 5.41) is 1.19. The van der Waals surface area contributed by atoms with Gasteiger partial charge < -0.3 is 14.7 Å². The van der Waals surface area contributed by atoms with Crippen LogP contribution < -0.4 is 0 Å². The Balaban J connectivity index is 1.26. The van der Waals surface area contributed by atoms with Crippen molar-refractivity contribution in [2.45, 2.75) is 51.0 Å². The fourth-order valence-corrected chi connectivity index (χ4v) is 6.56. The lowest BCUT2D eigenvalue weighted by molar-refractivity contribution is -0.133. The van der Waals surface area contributed by atoms with Crippen molar-refractivity contribution in [3.05, 3.63) is 57.6 Å². The number of likely N-dealkylation sites (tertiary alicyclic amines) is 1. The number of benzene rings is 2. The minimum absolute atomic E-state index is 0.0485. The summed E-state index contributed by atoms with van der Waals surface area (Å²) in [5.74, 6) is 0.288. The van der Waals surface area contributed by atoms with Crippen molar-refractivity contribution in [1.82, 2.24) is 14.7 Å². The average molecular weight is 529 g/mol. The molecule has 0 N–H and O–H groups in total. The number of hydrogen-bond acceptors (Lipinski definition) is 3. The zero-order chi connectivity index (χ0) is 25.2. The molecule has 1 atom stereocenters. The number of rotatable bonds is 5. The van der Waals surface area contributed by atoms with Crippen molar-refractivity contribution in [2.24, 2.45) is 5.92 Å². The van der Waals surface area contributed by atoms with Crippen molar-refractivity contribution in [1.29, 1.82) is 0 Å². The van der Waals surface area contributed by atoms with Crippen LogP contribution >= 0.6 is 23.2 Å². The number of hydrogen-bond donors (Lipinski definition) is 0. The largest absolute Gasteiger partial charge is 0.339 e. The van der Waals surface area contributed by atoms with E-state index < -0.39 is 0 Å². The maximum atomic E-state index is 13.1. The van der Waals surface area contributed by atoms with Gasteiger partial charge in [-0.05, 0) is 73.7 Å². The number of carbonyl (C=O) groups excluding carboxylic acids is 2. The molecule has 3 fully saturated rings. The van der Waals surface area contributed by atoms with Gasteiger partial charge >= 0.3 is 0 Å². The molecule has 0 spiro atoms. The summed E-state index contributed by atoms with van der Waals surface area (Å²) in [5.41, 5.74) is 3.42. The highest BCUT2D eigenvalue weighted by Crippen LogP contribution is 2.36. The number of nitrogens with zero attached hydrogens (tertiary/aromatic N) is 3. The van der Waals surface area contributed by atoms with E-state index in [0.29, 0.717) is 28.1 Å². The second-order valence-corrected chi connectivity index (χ2v) is 11.4. The molecule has 5 rings (SSSR count). The van der Waals surface area contributed by atoms with Gasteiger partial charge in [0.2, 0.25) is 5.91 Å². The first-order valence-electron chi connectivity index (χ1n) is 13.3. The van der Waals surface area contributed by atoms with E-state index in [0.717, 1.165) is 68.7 Å². The Morgan fingerprint density at radius 1 is 0.861 bits per heavy atom. The van der Waals surface area contributed by atoms with Gasteiger partial charge in [-0.3, -0.25) is 9.59 Å². The van der Waals surface area contributed by atoms with Crippen molar-refractivity contribution in [2.75, 3.05) is 39.8 Å². The second-order valence-electron chi connectivity index (χ2n) is 10.6. The Labute approximate surface area is 224 Å². The fourth-order valence-electron chi connectivity index (χ4n) is 5.92. The predicted molar refractivity (Wildman–Crippen MR) is 146 cm³/mol. The molecule has 36 heavy (non-hydrogen) atoms. The molecule has 2 heterocycles. The lowest BCUT2D eigenvalue weighted by atomic mass is 9.93. The number of amides is 2. The molecular weight excluding hydrogens is 493 g/mol. The SMILES string of the molecule is CN1CCN(C(=O)c2ccc(-c3cc(Cl)c(CC4CCN(C5CCCCC5)C4=O)c(Cl)c3)cc2)CC1. The summed E-state index contributed by atoms with van der Waals surface area (Å²) in [6, 6.07) is 11.9. The molecule has 5 nitrogen and oxygen atoms in total. The number of piperazine rings is 1. The zero-order valence-corrected chi connectivity index (χ0v) is 22.5. The smallest absolute Gasteiger partial charge is 0.253 e. The molecule has 1 saturated carbocycles. The first-order valence-corrected chi connectivity index (χ1v) is 14.0. The van der Waals surface area contributed by atoms with Crippen molar-refractivity contribution < 1.29 is 9.59 Å². The van der Waals surface area contributed by atoms with Crippen LogP contribution in [0.1, 0.15) is 54.4 Å². The third kappa shape index (κ3) is 5.44. The van der Waals surface area contributed by atoms with Gasteiger partial charge in [-0.15, -0.1) is 0 Å². The summed E-state index contributed by atoms with van der Waals surface area (Å²) in [7, 11) is 2.08. The Kier molecular flexibility index (Phi) is 7.90. The quantitative estimate of drug-likeness (QED) is 0.495. The van der Waals surface area contributed by atoms with E-state index in [-0.39, 0.29) is 17.7 Å². The van der Waals surface area contributed by atoms with E-state index in [1.165, 1.54) is 19.3 Å². The van der Waals surface area contributed by atoms with Crippen LogP contribution in [0.4, 0.5) is 0 Å². The number of halogens is 2. The highest BCUT2D eigenvalue weighted by Gasteiger charge is 2.36. The zero-order valence-electron chi connectivity index (χ0n) is 21.0. The molecule has 0 radical (unpaired) electrons. The fraction of sp³-hybridized carbons (Fsp3) is 0.517. The third-order valence-electron chi connectivity index (χ3n) is 8.21. The highest BCUT2D eigenvalue weighted by molar-refractivity contribution is 6.36. The first kappa shape index (κ1) is 25.6. The van der Waals surface area contributed by atoms with Crippen LogP contribution in [0.25, 0.3) is 11.1 Å². The lowest BCUT2D eigenvalue weighted by Crippen LogP contribution is -2.47. The Bertz CT molecular complexity index is 1080.